The van der Waals surface area contributed by atoms with Crippen molar-refractivity contribution >= 4 is 11.9 Å². The van der Waals surface area contributed by atoms with E-state index >= 15 is 0 Å². The third-order valence-corrected chi connectivity index (χ3v) is 2.34. The smallest absolute Gasteiger partial charge is 0.323 e. The van der Waals surface area contributed by atoms with Crippen molar-refractivity contribution in [2.24, 2.45) is 0 Å². The predicted octanol–water partition coefficient (Wildman–Crippen LogP) is 0.215. The Labute approximate surface area is 101 Å². The highest BCUT2D eigenvalue weighted by Gasteiger charge is 2.08. The minimum Gasteiger partial charge on any atom is -0.464 e. The molecular weight excluding hydrogens is 220 g/mol. The zero-order valence-electron chi connectivity index (χ0n) is 10.8. The highest BCUT2D eigenvalue weighted by atomic mass is 16.5. The Kier molecular flexibility index (Phi) is 4.89. The molecular formula is C10H20N6O. The quantitative estimate of drug-likeness (QED) is 0.735. The number of nitrogens with one attached hydrogen (secondary N) is 1. The van der Waals surface area contributed by atoms with Gasteiger partial charge in [0.1, 0.15) is 0 Å². The minimum atomic E-state index is 0.156. The van der Waals surface area contributed by atoms with Gasteiger partial charge in [-0.3, -0.25) is 0 Å². The van der Waals surface area contributed by atoms with Crippen LogP contribution in [0.5, 0.6) is 6.01 Å². The Morgan fingerprint density at radius 2 is 2.06 bits per heavy atom. The second-order valence-corrected chi connectivity index (χ2v) is 3.93. The number of aromatic nitrogens is 3. The van der Waals surface area contributed by atoms with Crippen molar-refractivity contribution in [1.29, 1.82) is 0 Å². The van der Waals surface area contributed by atoms with Gasteiger partial charge in [-0.05, 0) is 27.9 Å². The van der Waals surface area contributed by atoms with Crippen LogP contribution in [0.2, 0.25) is 0 Å². The van der Waals surface area contributed by atoms with E-state index < -0.39 is 0 Å². The summed E-state index contributed by atoms with van der Waals surface area (Å²) < 4.78 is 5.19. The molecule has 0 radical (unpaired) electrons. The molecule has 1 aromatic rings. The van der Waals surface area contributed by atoms with Crippen LogP contribution in [0.1, 0.15) is 13.8 Å². The maximum Gasteiger partial charge on any atom is 0.323 e. The highest BCUT2D eigenvalue weighted by molar-refractivity contribution is 5.32. The second-order valence-electron chi connectivity index (χ2n) is 3.93. The van der Waals surface area contributed by atoms with Crippen LogP contribution in [0.25, 0.3) is 0 Å². The number of nitrogen functional groups attached to an aromatic ring is 1. The lowest BCUT2D eigenvalue weighted by atomic mass is 10.3. The third kappa shape index (κ3) is 4.39. The van der Waals surface area contributed by atoms with Gasteiger partial charge in [-0.25, -0.2) is 0 Å². The molecule has 17 heavy (non-hydrogen) atoms. The molecule has 0 fully saturated rings. The molecule has 7 nitrogen and oxygen atoms in total. The van der Waals surface area contributed by atoms with E-state index in [9.17, 15) is 0 Å². The van der Waals surface area contributed by atoms with Crippen molar-refractivity contribution in [2.75, 3.05) is 38.3 Å². The molecule has 0 saturated carbocycles. The lowest BCUT2D eigenvalue weighted by Gasteiger charge is -2.19. The molecule has 0 aliphatic heterocycles. The van der Waals surface area contributed by atoms with Crippen LogP contribution >= 0.6 is 0 Å². The van der Waals surface area contributed by atoms with E-state index in [2.05, 4.69) is 32.1 Å². The summed E-state index contributed by atoms with van der Waals surface area (Å²) >= 11 is 0. The van der Waals surface area contributed by atoms with Crippen molar-refractivity contribution in [1.82, 2.24) is 19.9 Å². The maximum atomic E-state index is 5.56. The van der Waals surface area contributed by atoms with Crippen molar-refractivity contribution in [2.45, 2.75) is 19.9 Å². The van der Waals surface area contributed by atoms with Crippen LogP contribution in [0.4, 0.5) is 11.9 Å². The van der Waals surface area contributed by atoms with Gasteiger partial charge < -0.3 is 20.7 Å². The molecule has 3 N–H and O–H groups in total. The zero-order valence-corrected chi connectivity index (χ0v) is 10.8. The highest BCUT2D eigenvalue weighted by Crippen LogP contribution is 2.08. The van der Waals surface area contributed by atoms with Crippen molar-refractivity contribution in [3.8, 4) is 6.01 Å². The first-order valence-electron chi connectivity index (χ1n) is 5.57. The first kappa shape index (κ1) is 13.4. The van der Waals surface area contributed by atoms with E-state index in [1.54, 1.807) is 0 Å². The van der Waals surface area contributed by atoms with Gasteiger partial charge in [-0.2, -0.15) is 15.0 Å². The Morgan fingerprint density at radius 1 is 1.35 bits per heavy atom. The van der Waals surface area contributed by atoms with E-state index in [-0.39, 0.29) is 12.0 Å². The lowest BCUT2D eigenvalue weighted by Crippen LogP contribution is -2.32. The number of ether oxygens (including phenoxy) is 1. The Balaban J connectivity index is 2.64. The van der Waals surface area contributed by atoms with Gasteiger partial charge in [-0.15, -0.1) is 0 Å². The number of rotatable bonds is 6. The van der Waals surface area contributed by atoms with Gasteiger partial charge in [-0.1, -0.05) is 0 Å². The Morgan fingerprint density at radius 3 is 2.65 bits per heavy atom. The molecule has 0 aliphatic rings. The summed E-state index contributed by atoms with van der Waals surface area (Å²) in [6.45, 7) is 5.18. The van der Waals surface area contributed by atoms with Gasteiger partial charge in [0.25, 0.3) is 0 Å². The van der Waals surface area contributed by atoms with E-state index in [1.807, 2.05) is 21.0 Å². The van der Waals surface area contributed by atoms with Gasteiger partial charge in [0.2, 0.25) is 11.9 Å². The van der Waals surface area contributed by atoms with E-state index in [0.29, 0.717) is 18.6 Å². The molecule has 1 heterocycles. The zero-order chi connectivity index (χ0) is 12.8. The SMILES string of the molecule is CCOc1nc(N)nc(NCC(C)N(C)C)n1. The van der Waals surface area contributed by atoms with E-state index in [0.717, 1.165) is 6.54 Å². The normalized spacial score (nSPS) is 12.5. The van der Waals surface area contributed by atoms with Crippen molar-refractivity contribution < 1.29 is 4.74 Å². The number of nitrogens with zero attached hydrogens (tertiary/aromatic N) is 4. The fraction of sp³-hybridized carbons (Fsp3) is 0.700. The molecule has 7 heteroatoms. The summed E-state index contributed by atoms with van der Waals surface area (Å²) in [6, 6.07) is 0.614. The monoisotopic (exact) mass is 240 g/mol. The van der Waals surface area contributed by atoms with Gasteiger partial charge in [0.05, 0.1) is 6.61 Å². The van der Waals surface area contributed by atoms with E-state index in [4.69, 9.17) is 10.5 Å². The summed E-state index contributed by atoms with van der Waals surface area (Å²) in [5.41, 5.74) is 5.56. The maximum absolute atomic E-state index is 5.56. The number of hydrogen-bond donors (Lipinski definition) is 2. The topological polar surface area (TPSA) is 89.2 Å². The number of hydrogen-bond acceptors (Lipinski definition) is 7. The molecule has 0 saturated heterocycles. The fourth-order valence-corrected chi connectivity index (χ4v) is 1.07. The van der Waals surface area contributed by atoms with Crippen LogP contribution in [-0.4, -0.2) is 53.1 Å². The number of likely N-dealkylation sites (N-methyl/N-ethyl adjacent to an activating group) is 1. The molecule has 1 aromatic heterocycles. The summed E-state index contributed by atoms with van der Waals surface area (Å²) in [5.74, 6) is 0.595. The number of nitrogens with two attached hydrogens (primary N) is 1. The average Bonchev–Trinajstić information content (AvgIpc) is 2.25. The molecule has 0 spiro atoms. The molecule has 0 bridgehead atoms. The fourth-order valence-electron chi connectivity index (χ4n) is 1.07. The Bertz CT molecular complexity index is 357. The second kappa shape index (κ2) is 6.19. The molecule has 0 aliphatic carbocycles. The third-order valence-electron chi connectivity index (χ3n) is 2.34. The van der Waals surface area contributed by atoms with Crippen LogP contribution in [0.15, 0.2) is 0 Å². The first-order chi connectivity index (χ1) is 8.02. The summed E-state index contributed by atoms with van der Waals surface area (Å²) in [6.07, 6.45) is 0. The number of anilines is 2. The van der Waals surface area contributed by atoms with Gasteiger partial charge in [0.15, 0.2) is 0 Å². The van der Waals surface area contributed by atoms with Crippen LogP contribution in [0, 0.1) is 0 Å². The molecule has 96 valence electrons. The lowest BCUT2D eigenvalue weighted by molar-refractivity contribution is 0.311. The molecule has 1 rings (SSSR count). The molecule has 0 aromatic carbocycles. The van der Waals surface area contributed by atoms with Crippen LogP contribution < -0.4 is 15.8 Å². The standard InChI is InChI=1S/C10H20N6O/c1-5-17-10-14-8(11)13-9(15-10)12-6-7(2)16(3)4/h7H,5-6H2,1-4H3,(H3,11,12,13,14,15). The Hall–Kier alpha value is -1.63. The first-order valence-corrected chi connectivity index (χ1v) is 5.57. The van der Waals surface area contributed by atoms with E-state index in [1.165, 1.54) is 0 Å². The minimum absolute atomic E-state index is 0.156. The average molecular weight is 240 g/mol. The summed E-state index contributed by atoms with van der Waals surface area (Å²) in [5, 5.41) is 3.10. The molecule has 0 amide bonds. The van der Waals surface area contributed by atoms with Crippen molar-refractivity contribution in [3.05, 3.63) is 0 Å². The van der Waals surface area contributed by atoms with Gasteiger partial charge in [0, 0.05) is 12.6 Å². The van der Waals surface area contributed by atoms with Gasteiger partial charge >= 0.3 is 6.01 Å². The largest absolute Gasteiger partial charge is 0.464 e. The van der Waals surface area contributed by atoms with Crippen LogP contribution in [-0.2, 0) is 0 Å². The van der Waals surface area contributed by atoms with Crippen LogP contribution in [0.3, 0.4) is 0 Å². The summed E-state index contributed by atoms with van der Waals surface area (Å²) in [4.78, 5) is 14.1. The molecule has 1 atom stereocenters. The molecule has 1 unspecified atom stereocenters. The summed E-state index contributed by atoms with van der Waals surface area (Å²) in [7, 11) is 4.03. The van der Waals surface area contributed by atoms with Crippen molar-refractivity contribution in [3.63, 3.8) is 0 Å². The predicted molar refractivity (Wildman–Crippen MR) is 67.0 cm³/mol.